The average Bonchev–Trinajstić information content (AvgIpc) is 2.75. The van der Waals surface area contributed by atoms with Gasteiger partial charge < -0.3 is 15.2 Å². The first kappa shape index (κ1) is 11.7. The van der Waals surface area contributed by atoms with Crippen molar-refractivity contribution in [3.8, 4) is 0 Å². The van der Waals surface area contributed by atoms with Crippen LogP contribution in [0.3, 0.4) is 0 Å². The Morgan fingerprint density at radius 3 is 3.07 bits per heavy atom. The van der Waals surface area contributed by atoms with Crippen LogP contribution in [0.15, 0.2) is 17.0 Å². The van der Waals surface area contributed by atoms with Crippen LogP contribution in [0.5, 0.6) is 0 Å². The van der Waals surface area contributed by atoms with Crippen LogP contribution >= 0.6 is 0 Å². The summed E-state index contributed by atoms with van der Waals surface area (Å²) in [5, 5.41) is 9.48. The quantitative estimate of drug-likeness (QED) is 0.726. The summed E-state index contributed by atoms with van der Waals surface area (Å²) in [7, 11) is 0. The molecule has 0 bridgehead atoms. The molecule has 15 heavy (non-hydrogen) atoms. The molecule has 0 aromatic carbocycles. The van der Waals surface area contributed by atoms with E-state index in [1.807, 2.05) is 13.8 Å². The van der Waals surface area contributed by atoms with Gasteiger partial charge in [0.15, 0.2) is 0 Å². The van der Waals surface area contributed by atoms with E-state index >= 15 is 0 Å². The van der Waals surface area contributed by atoms with Crippen molar-refractivity contribution in [2.45, 2.75) is 32.9 Å². The van der Waals surface area contributed by atoms with Crippen molar-refractivity contribution < 1.29 is 9.32 Å². The summed E-state index contributed by atoms with van der Waals surface area (Å²) < 4.78 is 4.68. The number of carbonyl (C=O) groups excluding carboxylic acids is 1. The number of hydrogen-bond acceptors (Lipinski definition) is 4. The molecule has 5 nitrogen and oxygen atoms in total. The van der Waals surface area contributed by atoms with Gasteiger partial charge in [0.05, 0.1) is 12.2 Å². The van der Waals surface area contributed by atoms with E-state index in [1.165, 1.54) is 0 Å². The van der Waals surface area contributed by atoms with Crippen LogP contribution in [-0.2, 0) is 11.3 Å². The number of nitrogens with zero attached hydrogens (tertiary/aromatic N) is 1. The molecule has 1 heterocycles. The predicted molar refractivity (Wildman–Crippen MR) is 56.1 cm³/mol. The second-order valence-corrected chi connectivity index (χ2v) is 3.43. The van der Waals surface area contributed by atoms with Crippen LogP contribution in [0, 0.1) is 0 Å². The van der Waals surface area contributed by atoms with Crippen molar-refractivity contribution in [1.29, 1.82) is 0 Å². The van der Waals surface area contributed by atoms with Crippen molar-refractivity contribution >= 4 is 5.91 Å². The van der Waals surface area contributed by atoms with E-state index in [0.29, 0.717) is 6.54 Å². The van der Waals surface area contributed by atoms with E-state index in [-0.39, 0.29) is 11.9 Å². The molecule has 0 aliphatic rings. The lowest BCUT2D eigenvalue weighted by Crippen LogP contribution is -2.41. The Morgan fingerprint density at radius 1 is 1.67 bits per heavy atom. The van der Waals surface area contributed by atoms with E-state index in [1.54, 1.807) is 12.5 Å². The summed E-state index contributed by atoms with van der Waals surface area (Å²) in [5.74, 6) is 0.0216. The maximum absolute atomic E-state index is 11.4. The van der Waals surface area contributed by atoms with Crippen molar-refractivity contribution in [1.82, 2.24) is 15.8 Å². The molecule has 84 valence electrons. The second kappa shape index (κ2) is 6.19. The molecule has 1 amide bonds. The summed E-state index contributed by atoms with van der Waals surface area (Å²) >= 11 is 0. The highest BCUT2D eigenvalue weighted by atomic mass is 16.5. The SMILES string of the molecule is CCCNC(=O)C(C)NCc1cnoc1. The third-order valence-electron chi connectivity index (χ3n) is 2.04. The van der Waals surface area contributed by atoms with Gasteiger partial charge in [-0.1, -0.05) is 12.1 Å². The summed E-state index contributed by atoms with van der Waals surface area (Å²) in [6.45, 7) is 5.16. The van der Waals surface area contributed by atoms with Gasteiger partial charge in [0.2, 0.25) is 5.91 Å². The van der Waals surface area contributed by atoms with Crippen LogP contribution in [-0.4, -0.2) is 23.7 Å². The molecule has 1 unspecified atom stereocenters. The minimum atomic E-state index is -0.202. The van der Waals surface area contributed by atoms with E-state index in [9.17, 15) is 4.79 Å². The first-order valence-electron chi connectivity index (χ1n) is 5.13. The fourth-order valence-corrected chi connectivity index (χ4v) is 1.08. The van der Waals surface area contributed by atoms with Gasteiger partial charge in [-0.2, -0.15) is 0 Å². The molecule has 1 aromatic heterocycles. The Bertz CT molecular complexity index is 285. The molecular formula is C10H17N3O2. The van der Waals surface area contributed by atoms with Crippen molar-refractivity contribution in [3.05, 3.63) is 18.0 Å². The van der Waals surface area contributed by atoms with Crippen LogP contribution in [0.1, 0.15) is 25.8 Å². The summed E-state index contributed by atoms with van der Waals surface area (Å²) in [4.78, 5) is 11.4. The zero-order valence-corrected chi connectivity index (χ0v) is 9.12. The van der Waals surface area contributed by atoms with Gasteiger partial charge in [0.25, 0.3) is 0 Å². The second-order valence-electron chi connectivity index (χ2n) is 3.43. The highest BCUT2D eigenvalue weighted by Crippen LogP contribution is 1.96. The average molecular weight is 211 g/mol. The molecular weight excluding hydrogens is 194 g/mol. The predicted octanol–water partition coefficient (Wildman–Crippen LogP) is 0.679. The molecule has 0 saturated carbocycles. The van der Waals surface area contributed by atoms with E-state index < -0.39 is 0 Å². The van der Waals surface area contributed by atoms with Gasteiger partial charge in [-0.05, 0) is 13.3 Å². The van der Waals surface area contributed by atoms with Crippen LogP contribution in [0.25, 0.3) is 0 Å². The summed E-state index contributed by atoms with van der Waals surface area (Å²) in [6.07, 6.45) is 4.14. The minimum Gasteiger partial charge on any atom is -0.364 e. The molecule has 1 rings (SSSR count). The van der Waals surface area contributed by atoms with Gasteiger partial charge >= 0.3 is 0 Å². The highest BCUT2D eigenvalue weighted by Gasteiger charge is 2.10. The summed E-state index contributed by atoms with van der Waals surface area (Å²) in [5.41, 5.74) is 0.935. The highest BCUT2D eigenvalue weighted by molar-refractivity contribution is 5.81. The largest absolute Gasteiger partial charge is 0.364 e. The van der Waals surface area contributed by atoms with Gasteiger partial charge in [0, 0.05) is 18.7 Å². The lowest BCUT2D eigenvalue weighted by atomic mass is 10.2. The van der Waals surface area contributed by atoms with Gasteiger partial charge in [-0.25, -0.2) is 0 Å². The Kier molecular flexibility index (Phi) is 4.83. The number of rotatable bonds is 6. The van der Waals surface area contributed by atoms with Gasteiger partial charge in [0.1, 0.15) is 6.26 Å². The normalized spacial score (nSPS) is 12.4. The Balaban J connectivity index is 2.23. The minimum absolute atomic E-state index is 0.0216. The third-order valence-corrected chi connectivity index (χ3v) is 2.04. The fraction of sp³-hybridized carbons (Fsp3) is 0.600. The maximum Gasteiger partial charge on any atom is 0.236 e. The van der Waals surface area contributed by atoms with Crippen molar-refractivity contribution in [2.24, 2.45) is 0 Å². The first-order chi connectivity index (χ1) is 7.24. The molecule has 1 atom stereocenters. The van der Waals surface area contributed by atoms with Crippen LogP contribution in [0.4, 0.5) is 0 Å². The third kappa shape index (κ3) is 4.12. The van der Waals surface area contributed by atoms with Crippen LogP contribution < -0.4 is 10.6 Å². The maximum atomic E-state index is 11.4. The first-order valence-corrected chi connectivity index (χ1v) is 5.13. The van der Waals surface area contributed by atoms with Gasteiger partial charge in [-0.3, -0.25) is 4.79 Å². The number of carbonyl (C=O) groups is 1. The molecule has 5 heteroatoms. The van der Waals surface area contributed by atoms with Crippen molar-refractivity contribution in [2.75, 3.05) is 6.54 Å². The van der Waals surface area contributed by atoms with Crippen molar-refractivity contribution in [3.63, 3.8) is 0 Å². The Hall–Kier alpha value is -1.36. The fourth-order valence-electron chi connectivity index (χ4n) is 1.08. The zero-order valence-electron chi connectivity index (χ0n) is 9.12. The molecule has 0 spiro atoms. The zero-order chi connectivity index (χ0) is 11.1. The number of nitrogens with one attached hydrogen (secondary N) is 2. The van der Waals surface area contributed by atoms with E-state index in [4.69, 9.17) is 0 Å². The van der Waals surface area contributed by atoms with Gasteiger partial charge in [-0.15, -0.1) is 0 Å². The van der Waals surface area contributed by atoms with E-state index in [2.05, 4.69) is 20.3 Å². The van der Waals surface area contributed by atoms with E-state index in [0.717, 1.165) is 18.5 Å². The van der Waals surface area contributed by atoms with Crippen LogP contribution in [0.2, 0.25) is 0 Å². The molecule has 2 N–H and O–H groups in total. The molecule has 0 fully saturated rings. The standard InChI is InChI=1S/C10H17N3O2/c1-3-4-11-10(14)8(2)12-5-9-6-13-15-7-9/h6-8,12H,3-5H2,1-2H3,(H,11,14). The Labute approximate surface area is 89.2 Å². The molecule has 0 aliphatic carbocycles. The number of hydrogen-bond donors (Lipinski definition) is 2. The smallest absolute Gasteiger partial charge is 0.236 e. The lowest BCUT2D eigenvalue weighted by molar-refractivity contribution is -0.122. The number of aromatic nitrogens is 1. The topological polar surface area (TPSA) is 67.2 Å². The lowest BCUT2D eigenvalue weighted by Gasteiger charge is -2.12. The molecule has 0 radical (unpaired) electrons. The molecule has 1 aromatic rings. The Morgan fingerprint density at radius 2 is 2.47 bits per heavy atom. The monoisotopic (exact) mass is 211 g/mol. The summed E-state index contributed by atoms with van der Waals surface area (Å²) in [6, 6.07) is -0.202. The number of amides is 1. The molecule has 0 aliphatic heterocycles. The molecule has 0 saturated heterocycles.